The normalized spacial score (nSPS) is 15.5. The maximum absolute atomic E-state index is 12.8. The fourth-order valence-electron chi connectivity index (χ4n) is 3.87. The Morgan fingerprint density at radius 3 is 1.94 bits per heavy atom. The zero-order chi connectivity index (χ0) is 23.4. The second-order valence-corrected chi connectivity index (χ2v) is 8.32. The molecule has 0 aromatic heterocycles. The van der Waals surface area contributed by atoms with Crippen LogP contribution in [0.5, 0.6) is 11.5 Å². The van der Waals surface area contributed by atoms with Crippen LogP contribution in [0.25, 0.3) is 0 Å². The van der Waals surface area contributed by atoms with Crippen LogP contribution >= 0.6 is 0 Å². The third-order valence-corrected chi connectivity index (χ3v) is 5.89. The van der Waals surface area contributed by atoms with E-state index in [1.54, 1.807) is 36.4 Å². The van der Waals surface area contributed by atoms with E-state index in [1.165, 1.54) is 0 Å². The van der Waals surface area contributed by atoms with E-state index in [2.05, 4.69) is 23.9 Å². The first kappa shape index (κ1) is 22.5. The first-order valence-electron chi connectivity index (χ1n) is 10.9. The molecule has 1 aliphatic heterocycles. The Bertz CT molecular complexity index is 1100. The molecule has 1 fully saturated rings. The number of para-hydroxylation sites is 1. The molecule has 1 heterocycles. The number of benzene rings is 3. The molecule has 7 heteroatoms. The van der Waals surface area contributed by atoms with E-state index in [4.69, 9.17) is 10.6 Å². The first-order chi connectivity index (χ1) is 15.9. The molecule has 0 radical (unpaired) electrons. The van der Waals surface area contributed by atoms with Crippen molar-refractivity contribution >= 4 is 17.5 Å². The molecule has 4 rings (SSSR count). The van der Waals surface area contributed by atoms with Crippen molar-refractivity contribution in [1.82, 2.24) is 9.91 Å². The van der Waals surface area contributed by atoms with Crippen LogP contribution in [0.3, 0.4) is 0 Å². The predicted molar refractivity (Wildman–Crippen MR) is 128 cm³/mol. The second-order valence-electron chi connectivity index (χ2n) is 8.32. The molecule has 1 saturated heterocycles. The summed E-state index contributed by atoms with van der Waals surface area (Å²) in [6.45, 7) is 1.92. The van der Waals surface area contributed by atoms with Gasteiger partial charge in [-0.05, 0) is 81.2 Å². The summed E-state index contributed by atoms with van der Waals surface area (Å²) in [7, 11) is 4.18. The van der Waals surface area contributed by atoms with Gasteiger partial charge in [-0.15, -0.1) is 0 Å². The van der Waals surface area contributed by atoms with Gasteiger partial charge in [-0.1, -0.05) is 18.2 Å². The molecular weight excluding hydrogens is 416 g/mol. The molecule has 1 unspecified atom stereocenters. The van der Waals surface area contributed by atoms with E-state index in [9.17, 15) is 9.59 Å². The van der Waals surface area contributed by atoms with Crippen molar-refractivity contribution in [2.75, 3.05) is 32.1 Å². The van der Waals surface area contributed by atoms with Crippen LogP contribution in [0.2, 0.25) is 0 Å². The van der Waals surface area contributed by atoms with Gasteiger partial charge < -0.3 is 14.5 Å². The quantitative estimate of drug-likeness (QED) is 0.270. The number of carbonyl (C=O) groups excluding carboxylic acids is 2. The van der Waals surface area contributed by atoms with Crippen LogP contribution in [0.15, 0.2) is 78.9 Å². The number of amides is 2. The highest BCUT2D eigenvalue weighted by Crippen LogP contribution is 2.24. The zero-order valence-electron chi connectivity index (χ0n) is 18.8. The fourth-order valence-corrected chi connectivity index (χ4v) is 3.87. The van der Waals surface area contributed by atoms with Gasteiger partial charge >= 0.3 is 0 Å². The van der Waals surface area contributed by atoms with Gasteiger partial charge in [0.1, 0.15) is 11.5 Å². The Labute approximate surface area is 193 Å². The van der Waals surface area contributed by atoms with Crippen LogP contribution in [-0.4, -0.2) is 54.9 Å². The van der Waals surface area contributed by atoms with Crippen LogP contribution in [0.4, 0.5) is 5.69 Å². The van der Waals surface area contributed by atoms with Gasteiger partial charge in [0.2, 0.25) is 0 Å². The maximum Gasteiger partial charge on any atom is 0.275 e. The highest BCUT2D eigenvalue weighted by atomic mass is 16.5. The van der Waals surface area contributed by atoms with E-state index in [1.807, 2.05) is 42.5 Å². The van der Waals surface area contributed by atoms with Crippen molar-refractivity contribution in [3.05, 3.63) is 90.0 Å². The Kier molecular flexibility index (Phi) is 6.72. The van der Waals surface area contributed by atoms with Gasteiger partial charge in [0, 0.05) is 35.9 Å². The molecule has 2 N–H and O–H groups in total. The number of anilines is 1. The van der Waals surface area contributed by atoms with Crippen LogP contribution in [0, 0.1) is 0 Å². The molecule has 7 nitrogen and oxygen atoms in total. The monoisotopic (exact) mass is 444 g/mol. The highest BCUT2D eigenvalue weighted by Gasteiger charge is 2.25. The summed E-state index contributed by atoms with van der Waals surface area (Å²) in [6, 6.07) is 23.6. The van der Waals surface area contributed by atoms with Gasteiger partial charge in [0.25, 0.3) is 11.8 Å². The molecule has 0 bridgehead atoms. The van der Waals surface area contributed by atoms with Gasteiger partial charge in [0.15, 0.2) is 0 Å². The molecular formula is C26H28N4O3. The van der Waals surface area contributed by atoms with E-state index in [0.29, 0.717) is 33.7 Å². The van der Waals surface area contributed by atoms with Crippen LogP contribution in [-0.2, 0) is 0 Å². The van der Waals surface area contributed by atoms with Gasteiger partial charge in [-0.3, -0.25) is 9.59 Å². The molecule has 3 aromatic carbocycles. The molecule has 0 saturated carbocycles. The minimum Gasteiger partial charge on any atom is -0.457 e. The van der Waals surface area contributed by atoms with Crippen molar-refractivity contribution in [3.8, 4) is 11.5 Å². The van der Waals surface area contributed by atoms with Crippen molar-refractivity contribution in [2.45, 2.75) is 12.5 Å². The van der Waals surface area contributed by atoms with E-state index in [0.717, 1.165) is 25.2 Å². The summed E-state index contributed by atoms with van der Waals surface area (Å²) in [5.41, 5.74) is 1.72. The second kappa shape index (κ2) is 9.85. The van der Waals surface area contributed by atoms with Gasteiger partial charge in [-0.2, -0.15) is 0 Å². The lowest BCUT2D eigenvalue weighted by Crippen LogP contribution is -2.42. The number of ether oxygens (including phenoxy) is 1. The summed E-state index contributed by atoms with van der Waals surface area (Å²) >= 11 is 0. The Balaban J connectivity index is 1.38. The van der Waals surface area contributed by atoms with E-state index < -0.39 is 11.8 Å². The van der Waals surface area contributed by atoms with Crippen LogP contribution in [0.1, 0.15) is 27.1 Å². The Hall–Kier alpha value is -3.68. The largest absolute Gasteiger partial charge is 0.457 e. The lowest BCUT2D eigenvalue weighted by atomic mass is 10.1. The smallest absolute Gasteiger partial charge is 0.275 e. The Morgan fingerprint density at radius 2 is 1.39 bits per heavy atom. The molecule has 0 aliphatic carbocycles. The van der Waals surface area contributed by atoms with Crippen molar-refractivity contribution in [2.24, 2.45) is 5.84 Å². The third kappa shape index (κ3) is 5.22. The summed E-state index contributed by atoms with van der Waals surface area (Å²) in [6.07, 6.45) is 1.11. The number of hydrogen-bond acceptors (Lipinski definition) is 6. The summed E-state index contributed by atoms with van der Waals surface area (Å²) in [5.74, 6) is 6.03. The van der Waals surface area contributed by atoms with Gasteiger partial charge in [-0.25, -0.2) is 10.9 Å². The maximum atomic E-state index is 12.8. The van der Waals surface area contributed by atoms with Crippen molar-refractivity contribution < 1.29 is 14.3 Å². The molecule has 3 aromatic rings. The van der Waals surface area contributed by atoms with Gasteiger partial charge in [0.05, 0.1) is 0 Å². The molecule has 0 spiro atoms. The van der Waals surface area contributed by atoms with Crippen LogP contribution < -0.4 is 15.5 Å². The molecule has 170 valence electrons. The number of likely N-dealkylation sites (N-methyl/N-ethyl adjacent to an activating group) is 1. The number of nitrogens with zero attached hydrogens (tertiary/aromatic N) is 3. The first-order valence-corrected chi connectivity index (χ1v) is 10.9. The topological polar surface area (TPSA) is 79.1 Å². The molecule has 1 aliphatic rings. The summed E-state index contributed by atoms with van der Waals surface area (Å²) in [5, 5.41) is 0.653. The lowest BCUT2D eigenvalue weighted by molar-refractivity contribution is 0.0615. The molecule has 2 amide bonds. The number of rotatable bonds is 6. The number of hydrogen-bond donors (Lipinski definition) is 1. The lowest BCUT2D eigenvalue weighted by Gasteiger charge is -2.22. The molecule has 1 atom stereocenters. The van der Waals surface area contributed by atoms with E-state index >= 15 is 0 Å². The SMILES string of the molecule is CN(C)C1CCN(c2ccc(C(=O)N(N)C(=O)c3ccc(Oc4ccccc4)cc3)cc2)C1. The third-order valence-electron chi connectivity index (χ3n) is 5.89. The predicted octanol–water partition coefficient (Wildman–Crippen LogP) is 3.78. The molecule has 33 heavy (non-hydrogen) atoms. The summed E-state index contributed by atoms with van der Waals surface area (Å²) < 4.78 is 5.73. The minimum absolute atomic E-state index is 0.301. The number of nitrogens with two attached hydrogens (primary N) is 1. The highest BCUT2D eigenvalue weighted by molar-refractivity contribution is 6.09. The van der Waals surface area contributed by atoms with Crippen molar-refractivity contribution in [3.63, 3.8) is 0 Å². The number of hydrazine groups is 1. The standard InChI is InChI=1S/C26H28N4O3/c1-28(2)22-16-17-29(18-22)21-12-8-19(9-13-21)25(31)30(27)26(32)20-10-14-24(15-11-20)33-23-6-4-3-5-7-23/h3-15,22H,16-18,27H2,1-2H3. The number of imide groups is 1. The van der Waals surface area contributed by atoms with Crippen molar-refractivity contribution in [1.29, 1.82) is 0 Å². The Morgan fingerprint density at radius 1 is 0.848 bits per heavy atom. The minimum atomic E-state index is -0.580. The summed E-state index contributed by atoms with van der Waals surface area (Å²) in [4.78, 5) is 30.0. The fraction of sp³-hybridized carbons (Fsp3) is 0.231. The average Bonchev–Trinajstić information content (AvgIpc) is 3.35. The number of carbonyl (C=O) groups is 2. The van der Waals surface area contributed by atoms with E-state index in [-0.39, 0.29) is 0 Å². The zero-order valence-corrected chi connectivity index (χ0v) is 18.8. The average molecular weight is 445 g/mol.